The minimum absolute atomic E-state index is 0.0440. The molecule has 0 radical (unpaired) electrons. The van der Waals surface area contributed by atoms with E-state index in [1.165, 1.54) is 0 Å². The molecule has 0 aromatic rings. The van der Waals surface area contributed by atoms with Gasteiger partial charge in [-0.25, -0.2) is 9.59 Å². The van der Waals surface area contributed by atoms with Crippen molar-refractivity contribution in [2.45, 2.75) is 51.7 Å². The molecule has 0 amide bonds. The minimum atomic E-state index is -1.02. The van der Waals surface area contributed by atoms with Crippen LogP contribution in [0.1, 0.15) is 40.5 Å². The molecule has 5 nitrogen and oxygen atoms in total. The summed E-state index contributed by atoms with van der Waals surface area (Å²) in [5.74, 6) is -1.12. The fourth-order valence-electron chi connectivity index (χ4n) is 2.54. The number of rotatable bonds is 2. The van der Waals surface area contributed by atoms with E-state index < -0.39 is 23.1 Å². The molecule has 108 valence electrons. The fraction of sp³-hybridized carbons (Fsp3) is 0.857. The Morgan fingerprint density at radius 1 is 0.947 bits per heavy atom. The third-order valence-electron chi connectivity index (χ3n) is 4.78. The highest BCUT2D eigenvalue weighted by Crippen LogP contribution is 2.36. The van der Waals surface area contributed by atoms with Crippen molar-refractivity contribution in [1.29, 1.82) is 0 Å². The number of esters is 2. The Balaban J connectivity index is 2.05. The standard InChI is InChI=1S/C14H22O5/c1-9-5-7-17-13(9,3)11(15)19-12(16)14(4)10(2)6-8-18-14/h9-10H,5-8H2,1-4H3. The lowest BCUT2D eigenvalue weighted by atomic mass is 9.89. The maximum atomic E-state index is 12.2. The quantitative estimate of drug-likeness (QED) is 0.564. The fourth-order valence-corrected chi connectivity index (χ4v) is 2.54. The van der Waals surface area contributed by atoms with Crippen molar-refractivity contribution in [3.05, 3.63) is 0 Å². The van der Waals surface area contributed by atoms with Gasteiger partial charge in [-0.1, -0.05) is 13.8 Å². The largest absolute Gasteiger partial charge is 0.389 e. The van der Waals surface area contributed by atoms with Crippen molar-refractivity contribution in [2.24, 2.45) is 11.8 Å². The Kier molecular flexibility index (Phi) is 3.71. The van der Waals surface area contributed by atoms with Crippen molar-refractivity contribution in [3.8, 4) is 0 Å². The van der Waals surface area contributed by atoms with Crippen molar-refractivity contribution < 1.29 is 23.8 Å². The molecule has 0 bridgehead atoms. The maximum Gasteiger partial charge on any atom is 0.346 e. The molecule has 2 heterocycles. The lowest BCUT2D eigenvalue weighted by Gasteiger charge is -2.29. The topological polar surface area (TPSA) is 61.8 Å². The van der Waals surface area contributed by atoms with Gasteiger partial charge in [0.05, 0.1) is 0 Å². The van der Waals surface area contributed by atoms with Crippen molar-refractivity contribution in [1.82, 2.24) is 0 Å². The van der Waals surface area contributed by atoms with Gasteiger partial charge in [-0.2, -0.15) is 0 Å². The monoisotopic (exact) mass is 270 g/mol. The molecular weight excluding hydrogens is 248 g/mol. The number of hydrogen-bond donors (Lipinski definition) is 0. The van der Waals surface area contributed by atoms with Crippen LogP contribution in [0.5, 0.6) is 0 Å². The van der Waals surface area contributed by atoms with E-state index in [0.717, 1.165) is 12.8 Å². The van der Waals surface area contributed by atoms with Crippen molar-refractivity contribution in [2.75, 3.05) is 13.2 Å². The van der Waals surface area contributed by atoms with Crippen LogP contribution < -0.4 is 0 Å². The van der Waals surface area contributed by atoms with Crippen LogP contribution in [0, 0.1) is 11.8 Å². The van der Waals surface area contributed by atoms with Crippen LogP contribution in [0.3, 0.4) is 0 Å². The van der Waals surface area contributed by atoms with E-state index in [2.05, 4.69) is 0 Å². The van der Waals surface area contributed by atoms with E-state index in [-0.39, 0.29) is 11.8 Å². The summed E-state index contributed by atoms with van der Waals surface area (Å²) in [6.45, 7) is 8.25. The van der Waals surface area contributed by atoms with Crippen LogP contribution in [-0.2, 0) is 23.8 Å². The molecular formula is C14H22O5. The highest BCUT2D eigenvalue weighted by atomic mass is 16.6. The van der Waals surface area contributed by atoms with E-state index in [1.54, 1.807) is 13.8 Å². The van der Waals surface area contributed by atoms with Gasteiger partial charge in [0.1, 0.15) is 0 Å². The molecule has 2 aliphatic heterocycles. The van der Waals surface area contributed by atoms with Crippen LogP contribution in [0.4, 0.5) is 0 Å². The zero-order valence-corrected chi connectivity index (χ0v) is 12.0. The predicted octanol–water partition coefficient (Wildman–Crippen LogP) is 1.69. The lowest BCUT2D eigenvalue weighted by Crippen LogP contribution is -2.48. The SMILES string of the molecule is CC1CCOC1(C)C(=O)OC(=O)C1(C)OCCC1C. The first-order chi connectivity index (χ1) is 8.80. The first-order valence-corrected chi connectivity index (χ1v) is 6.85. The molecule has 5 heteroatoms. The van der Waals surface area contributed by atoms with Crippen molar-refractivity contribution >= 4 is 11.9 Å². The van der Waals surface area contributed by atoms with Crippen LogP contribution in [0.2, 0.25) is 0 Å². The molecule has 2 rings (SSSR count). The third-order valence-corrected chi connectivity index (χ3v) is 4.78. The number of carbonyl (C=O) groups excluding carboxylic acids is 2. The van der Waals surface area contributed by atoms with Gasteiger partial charge in [-0.15, -0.1) is 0 Å². The lowest BCUT2D eigenvalue weighted by molar-refractivity contribution is -0.187. The zero-order valence-electron chi connectivity index (χ0n) is 12.0. The number of carbonyl (C=O) groups is 2. The van der Waals surface area contributed by atoms with Gasteiger partial charge < -0.3 is 14.2 Å². The molecule has 2 saturated heterocycles. The highest BCUT2D eigenvalue weighted by molar-refractivity contribution is 5.94. The second-order valence-corrected chi connectivity index (χ2v) is 5.97. The third kappa shape index (κ3) is 2.30. The average molecular weight is 270 g/mol. The van der Waals surface area contributed by atoms with Crippen LogP contribution >= 0.6 is 0 Å². The van der Waals surface area contributed by atoms with Gasteiger partial charge in [0.25, 0.3) is 0 Å². The second kappa shape index (κ2) is 4.87. The van der Waals surface area contributed by atoms with E-state index >= 15 is 0 Å². The Hall–Kier alpha value is -0.940. The molecule has 4 unspecified atom stereocenters. The summed E-state index contributed by atoms with van der Waals surface area (Å²) in [5.41, 5.74) is -2.04. The van der Waals surface area contributed by atoms with E-state index in [1.807, 2.05) is 13.8 Å². The molecule has 0 aliphatic carbocycles. The van der Waals surface area contributed by atoms with Gasteiger partial charge in [0, 0.05) is 13.2 Å². The van der Waals surface area contributed by atoms with Crippen molar-refractivity contribution in [3.63, 3.8) is 0 Å². The smallest absolute Gasteiger partial charge is 0.346 e. The van der Waals surface area contributed by atoms with E-state index in [9.17, 15) is 9.59 Å². The first kappa shape index (κ1) is 14.5. The van der Waals surface area contributed by atoms with Crippen LogP contribution in [0.15, 0.2) is 0 Å². The summed E-state index contributed by atoms with van der Waals surface area (Å²) in [6, 6.07) is 0. The molecule has 19 heavy (non-hydrogen) atoms. The molecule has 0 aromatic heterocycles. The maximum absolute atomic E-state index is 12.2. The van der Waals surface area contributed by atoms with Crippen LogP contribution in [0.25, 0.3) is 0 Å². The second-order valence-electron chi connectivity index (χ2n) is 5.97. The number of hydrogen-bond acceptors (Lipinski definition) is 5. The molecule has 0 N–H and O–H groups in total. The molecule has 0 spiro atoms. The average Bonchev–Trinajstić information content (AvgIpc) is 2.86. The van der Waals surface area contributed by atoms with Gasteiger partial charge in [0.15, 0.2) is 11.2 Å². The summed E-state index contributed by atoms with van der Waals surface area (Å²) in [6.07, 6.45) is 1.59. The molecule has 2 aliphatic rings. The van der Waals surface area contributed by atoms with Gasteiger partial charge >= 0.3 is 11.9 Å². The molecule has 0 aromatic carbocycles. The zero-order chi connectivity index (χ0) is 14.3. The Morgan fingerprint density at radius 3 is 1.58 bits per heavy atom. The Labute approximate surface area is 113 Å². The summed E-state index contributed by atoms with van der Waals surface area (Å²) in [7, 11) is 0. The predicted molar refractivity (Wildman–Crippen MR) is 67.4 cm³/mol. The Bertz CT molecular complexity index is 357. The minimum Gasteiger partial charge on any atom is -0.389 e. The normalized spacial score (nSPS) is 42.3. The summed E-state index contributed by atoms with van der Waals surface area (Å²) in [5, 5.41) is 0. The Morgan fingerprint density at radius 2 is 1.32 bits per heavy atom. The van der Waals surface area contributed by atoms with Gasteiger partial charge in [-0.05, 0) is 38.5 Å². The van der Waals surface area contributed by atoms with Gasteiger partial charge in [0.2, 0.25) is 0 Å². The summed E-state index contributed by atoms with van der Waals surface area (Å²) >= 11 is 0. The summed E-state index contributed by atoms with van der Waals surface area (Å²) in [4.78, 5) is 24.3. The molecule has 2 fully saturated rings. The highest BCUT2D eigenvalue weighted by Gasteiger charge is 2.51. The molecule has 4 atom stereocenters. The first-order valence-electron chi connectivity index (χ1n) is 6.85. The van der Waals surface area contributed by atoms with Crippen LogP contribution in [-0.4, -0.2) is 36.4 Å². The summed E-state index contributed by atoms with van der Waals surface area (Å²) < 4.78 is 16.0. The van der Waals surface area contributed by atoms with E-state index in [0.29, 0.717) is 13.2 Å². The number of ether oxygens (including phenoxy) is 3. The van der Waals surface area contributed by atoms with Gasteiger partial charge in [-0.3, -0.25) is 0 Å². The van der Waals surface area contributed by atoms with E-state index in [4.69, 9.17) is 14.2 Å². The molecule has 0 saturated carbocycles.